The molecule has 0 aliphatic carbocycles. The van der Waals surface area contributed by atoms with Crippen molar-refractivity contribution in [3.05, 3.63) is 64.5 Å². The van der Waals surface area contributed by atoms with Gasteiger partial charge >= 0.3 is 0 Å². The molecule has 166 valence electrons. The number of carbonyl (C=O) groups excluding carboxylic acids is 2. The average molecular weight is 451 g/mol. The van der Waals surface area contributed by atoms with Crippen LogP contribution in [0.1, 0.15) is 36.5 Å². The fraction of sp³-hybridized carbons (Fsp3) is 0.400. The smallest absolute Gasteiger partial charge is 0.251 e. The maximum Gasteiger partial charge on any atom is 0.251 e. The van der Waals surface area contributed by atoms with Gasteiger partial charge in [0, 0.05) is 59.6 Å². The zero-order chi connectivity index (χ0) is 22.7. The lowest BCUT2D eigenvalue weighted by Gasteiger charge is -2.31. The van der Waals surface area contributed by atoms with Gasteiger partial charge in [-0.15, -0.1) is 0 Å². The molecule has 2 aliphatic heterocycles. The molecule has 0 aromatic heterocycles. The first-order valence-corrected chi connectivity index (χ1v) is 11.4. The average Bonchev–Trinajstić information content (AvgIpc) is 3.19. The molecular formula is C25H27ClN4O2. The summed E-state index contributed by atoms with van der Waals surface area (Å²) < 4.78 is 0. The fourth-order valence-electron chi connectivity index (χ4n) is 4.65. The van der Waals surface area contributed by atoms with Crippen LogP contribution >= 0.6 is 11.6 Å². The molecule has 2 saturated heterocycles. The van der Waals surface area contributed by atoms with E-state index in [-0.39, 0.29) is 23.9 Å². The van der Waals surface area contributed by atoms with Crippen molar-refractivity contribution in [3.8, 4) is 0 Å². The molecule has 4 rings (SSSR count). The monoisotopic (exact) mass is 450 g/mol. The quantitative estimate of drug-likeness (QED) is 0.529. The second-order valence-electron chi connectivity index (χ2n) is 8.66. The number of hydrogen-bond donors (Lipinski definition) is 1. The van der Waals surface area contributed by atoms with E-state index in [4.69, 9.17) is 18.2 Å². The van der Waals surface area contributed by atoms with E-state index in [2.05, 4.69) is 26.9 Å². The number of nitrogens with zero attached hydrogens (tertiary/aromatic N) is 3. The first-order chi connectivity index (χ1) is 15.5. The van der Waals surface area contributed by atoms with Gasteiger partial charge in [-0.1, -0.05) is 17.7 Å². The third-order valence-corrected chi connectivity index (χ3v) is 6.82. The molecule has 2 aromatic rings. The number of rotatable bonds is 5. The summed E-state index contributed by atoms with van der Waals surface area (Å²) in [6.45, 7) is 11.7. The Morgan fingerprint density at radius 1 is 1.16 bits per heavy atom. The third kappa shape index (κ3) is 4.73. The highest BCUT2D eigenvalue weighted by Gasteiger charge is 2.30. The molecule has 0 unspecified atom stereocenters. The largest absolute Gasteiger partial charge is 0.371 e. The molecule has 2 aliphatic rings. The van der Waals surface area contributed by atoms with Crippen LogP contribution in [-0.2, 0) is 4.79 Å². The van der Waals surface area contributed by atoms with Crippen LogP contribution in [0.4, 0.5) is 17.1 Å². The van der Waals surface area contributed by atoms with E-state index in [1.807, 2.05) is 36.4 Å². The molecule has 6 nitrogen and oxygen atoms in total. The predicted octanol–water partition coefficient (Wildman–Crippen LogP) is 4.70. The highest BCUT2D eigenvalue weighted by Crippen LogP contribution is 2.33. The van der Waals surface area contributed by atoms with Gasteiger partial charge in [0.1, 0.15) is 6.29 Å². The van der Waals surface area contributed by atoms with Gasteiger partial charge in [0.05, 0.1) is 6.57 Å². The lowest BCUT2D eigenvalue weighted by Crippen LogP contribution is -2.37. The molecule has 2 atom stereocenters. The Bertz CT molecular complexity index is 1030. The van der Waals surface area contributed by atoms with E-state index in [0.717, 1.165) is 50.0 Å². The molecule has 1 amide bonds. The highest BCUT2D eigenvalue weighted by molar-refractivity contribution is 6.33. The molecule has 0 saturated carbocycles. The lowest BCUT2D eigenvalue weighted by atomic mass is 9.98. The molecule has 2 aromatic carbocycles. The summed E-state index contributed by atoms with van der Waals surface area (Å²) >= 11 is 6.21. The number of hydrogen-bond acceptors (Lipinski definition) is 4. The molecule has 2 fully saturated rings. The molecule has 32 heavy (non-hydrogen) atoms. The van der Waals surface area contributed by atoms with Gasteiger partial charge in [0.25, 0.3) is 5.91 Å². The zero-order valence-corrected chi connectivity index (χ0v) is 18.9. The van der Waals surface area contributed by atoms with Crippen LogP contribution in [-0.4, -0.2) is 43.9 Å². The Morgan fingerprint density at radius 3 is 2.47 bits per heavy atom. The van der Waals surface area contributed by atoms with Crippen molar-refractivity contribution in [1.29, 1.82) is 0 Å². The van der Waals surface area contributed by atoms with Gasteiger partial charge in [-0.05, 0) is 62.6 Å². The van der Waals surface area contributed by atoms with Crippen molar-refractivity contribution in [1.82, 2.24) is 5.32 Å². The maximum atomic E-state index is 12.8. The Kier molecular flexibility index (Phi) is 6.66. The van der Waals surface area contributed by atoms with Crippen LogP contribution in [0.2, 0.25) is 5.02 Å². The van der Waals surface area contributed by atoms with Gasteiger partial charge < -0.3 is 19.9 Å². The number of amides is 1. The first kappa shape index (κ1) is 22.2. The van der Waals surface area contributed by atoms with E-state index in [9.17, 15) is 9.59 Å². The summed E-state index contributed by atoms with van der Waals surface area (Å²) in [5, 5.41) is 3.61. The van der Waals surface area contributed by atoms with E-state index >= 15 is 0 Å². The van der Waals surface area contributed by atoms with Crippen LogP contribution < -0.4 is 15.1 Å². The van der Waals surface area contributed by atoms with E-state index in [0.29, 0.717) is 22.8 Å². The van der Waals surface area contributed by atoms with Crippen LogP contribution in [0.25, 0.3) is 4.85 Å². The number of carbonyl (C=O) groups is 2. The summed E-state index contributed by atoms with van der Waals surface area (Å²) in [5.74, 6) is 0.1000. The highest BCUT2D eigenvalue weighted by atomic mass is 35.5. The topological polar surface area (TPSA) is 57.0 Å². The second kappa shape index (κ2) is 9.62. The fourth-order valence-corrected chi connectivity index (χ4v) is 4.86. The maximum absolute atomic E-state index is 12.8. The van der Waals surface area contributed by atoms with Crippen molar-refractivity contribution in [2.24, 2.45) is 5.92 Å². The number of aldehydes is 1. The minimum atomic E-state index is -0.0725. The molecule has 7 heteroatoms. The van der Waals surface area contributed by atoms with E-state index in [1.165, 1.54) is 0 Å². The summed E-state index contributed by atoms with van der Waals surface area (Å²) in [6, 6.07) is 13.5. The van der Waals surface area contributed by atoms with Gasteiger partial charge in [-0.25, -0.2) is 4.85 Å². The van der Waals surface area contributed by atoms with Crippen LogP contribution in [0.3, 0.4) is 0 Å². The first-order valence-electron chi connectivity index (χ1n) is 11.0. The molecule has 0 bridgehead atoms. The van der Waals surface area contributed by atoms with Crippen LogP contribution in [0.5, 0.6) is 0 Å². The van der Waals surface area contributed by atoms with Gasteiger partial charge in [-0.2, -0.15) is 0 Å². The van der Waals surface area contributed by atoms with Crippen molar-refractivity contribution in [3.63, 3.8) is 0 Å². The Balaban J connectivity index is 1.35. The van der Waals surface area contributed by atoms with Gasteiger partial charge in [0.15, 0.2) is 0 Å². The number of halogens is 1. The van der Waals surface area contributed by atoms with Crippen LogP contribution in [0, 0.1) is 12.5 Å². The van der Waals surface area contributed by atoms with Crippen molar-refractivity contribution in [2.75, 3.05) is 29.4 Å². The Morgan fingerprint density at radius 2 is 1.84 bits per heavy atom. The minimum Gasteiger partial charge on any atom is -0.371 e. The summed E-state index contributed by atoms with van der Waals surface area (Å²) in [5.41, 5.74) is 3.15. The van der Waals surface area contributed by atoms with E-state index < -0.39 is 0 Å². The molecular weight excluding hydrogens is 424 g/mol. The van der Waals surface area contributed by atoms with Crippen LogP contribution in [0.15, 0.2) is 42.5 Å². The Labute approximate surface area is 194 Å². The number of benzene rings is 2. The van der Waals surface area contributed by atoms with Gasteiger partial charge in [-0.3, -0.25) is 4.79 Å². The number of nitrogens with one attached hydrogen (secondary N) is 1. The van der Waals surface area contributed by atoms with Gasteiger partial charge in [0.2, 0.25) is 5.69 Å². The third-order valence-electron chi connectivity index (χ3n) is 6.52. The molecule has 0 radical (unpaired) electrons. The SMILES string of the molecule is [C-]#[N+]c1ccc(N2C[C@H](NC(=O)c3ccc(N4CCC(C=O)CC4)cc3)C[C@@H]2C)cc1Cl. The Hall–Kier alpha value is -3.04. The lowest BCUT2D eigenvalue weighted by molar-refractivity contribution is -0.111. The normalized spacial score (nSPS) is 21.3. The second-order valence-corrected chi connectivity index (χ2v) is 9.07. The molecule has 2 heterocycles. The summed E-state index contributed by atoms with van der Waals surface area (Å²) in [4.78, 5) is 31.7. The molecule has 1 N–H and O–H groups in total. The number of anilines is 2. The molecule has 0 spiro atoms. The van der Waals surface area contributed by atoms with E-state index in [1.54, 1.807) is 6.07 Å². The van der Waals surface area contributed by atoms with Crippen molar-refractivity contribution >= 4 is 40.9 Å². The predicted molar refractivity (Wildman–Crippen MR) is 128 cm³/mol. The number of piperidine rings is 1. The minimum absolute atomic E-state index is 0.0406. The van der Waals surface area contributed by atoms with Crippen molar-refractivity contribution in [2.45, 2.75) is 38.3 Å². The summed E-state index contributed by atoms with van der Waals surface area (Å²) in [7, 11) is 0. The standard InChI is InChI=1S/C25H27ClN4O2/c1-17-13-20(15-30(17)22-7-8-24(27-2)23(26)14-22)28-25(32)19-3-5-21(6-4-19)29-11-9-18(16-31)10-12-29/h3-8,14,16-18,20H,9-13,15H2,1H3,(H,28,32)/t17-,20+/m0/s1. The van der Waals surface area contributed by atoms with Crippen molar-refractivity contribution < 1.29 is 9.59 Å². The summed E-state index contributed by atoms with van der Waals surface area (Å²) in [6.07, 6.45) is 3.67. The zero-order valence-electron chi connectivity index (χ0n) is 18.1.